The number of carbonyl (C=O) groups excluding carboxylic acids is 2. The van der Waals surface area contributed by atoms with Crippen molar-refractivity contribution in [1.29, 1.82) is 0 Å². The Balaban J connectivity index is 2.73. The SMILES string of the molecule is CN(C)C(=O)c1ccccc1NC(=O)CCCCCl. The third-order valence-electron chi connectivity index (χ3n) is 2.63. The molecule has 1 aromatic rings. The van der Waals surface area contributed by atoms with Crippen molar-refractivity contribution in [1.82, 2.24) is 4.90 Å². The first-order valence-electron chi connectivity index (χ1n) is 6.22. The lowest BCUT2D eigenvalue weighted by Crippen LogP contribution is -2.24. The molecule has 0 saturated heterocycles. The molecule has 0 aliphatic carbocycles. The van der Waals surface area contributed by atoms with E-state index in [4.69, 9.17) is 11.6 Å². The molecule has 0 fully saturated rings. The predicted octanol–water partition coefficient (Wildman–Crippen LogP) is 2.74. The Morgan fingerprint density at radius 1 is 1.21 bits per heavy atom. The van der Waals surface area contributed by atoms with Crippen LogP contribution in [0.4, 0.5) is 5.69 Å². The standard InChI is InChI=1S/C14H19ClN2O2/c1-17(2)14(19)11-7-3-4-8-12(11)16-13(18)9-5-6-10-15/h3-4,7-8H,5-6,9-10H2,1-2H3,(H,16,18). The van der Waals surface area contributed by atoms with Crippen LogP contribution in [0.2, 0.25) is 0 Å². The Bertz CT molecular complexity index is 447. The van der Waals surface area contributed by atoms with Crippen LogP contribution in [-0.4, -0.2) is 36.7 Å². The van der Waals surface area contributed by atoms with Gasteiger partial charge in [-0.05, 0) is 25.0 Å². The number of nitrogens with one attached hydrogen (secondary N) is 1. The molecule has 1 aromatic carbocycles. The summed E-state index contributed by atoms with van der Waals surface area (Å²) in [6.07, 6.45) is 1.98. The highest BCUT2D eigenvalue weighted by atomic mass is 35.5. The maximum atomic E-state index is 12.0. The van der Waals surface area contributed by atoms with E-state index in [0.717, 1.165) is 12.8 Å². The average molecular weight is 283 g/mol. The summed E-state index contributed by atoms with van der Waals surface area (Å²) in [6, 6.07) is 7.01. The van der Waals surface area contributed by atoms with E-state index >= 15 is 0 Å². The van der Waals surface area contributed by atoms with Crippen molar-refractivity contribution in [3.63, 3.8) is 0 Å². The normalized spacial score (nSPS) is 10.1. The number of halogens is 1. The highest BCUT2D eigenvalue weighted by molar-refractivity contribution is 6.17. The van der Waals surface area contributed by atoms with Crippen LogP contribution >= 0.6 is 11.6 Å². The van der Waals surface area contributed by atoms with Gasteiger partial charge in [0.25, 0.3) is 5.91 Å². The van der Waals surface area contributed by atoms with E-state index in [2.05, 4.69) is 5.32 Å². The first kappa shape index (κ1) is 15.5. The van der Waals surface area contributed by atoms with E-state index in [-0.39, 0.29) is 11.8 Å². The number of carbonyl (C=O) groups is 2. The van der Waals surface area contributed by atoms with Gasteiger partial charge in [0.1, 0.15) is 0 Å². The number of para-hydroxylation sites is 1. The van der Waals surface area contributed by atoms with Gasteiger partial charge in [0.15, 0.2) is 0 Å². The minimum absolute atomic E-state index is 0.0934. The summed E-state index contributed by atoms with van der Waals surface area (Å²) in [5.41, 5.74) is 1.05. The Morgan fingerprint density at radius 3 is 2.53 bits per heavy atom. The first-order chi connectivity index (χ1) is 9.06. The number of hydrogen-bond donors (Lipinski definition) is 1. The van der Waals surface area contributed by atoms with Crippen molar-refractivity contribution < 1.29 is 9.59 Å². The number of amides is 2. The fraction of sp³-hybridized carbons (Fsp3) is 0.429. The minimum atomic E-state index is -0.128. The molecule has 0 aliphatic heterocycles. The molecule has 0 saturated carbocycles. The second-order valence-electron chi connectivity index (χ2n) is 4.44. The van der Waals surface area contributed by atoms with E-state index in [1.807, 2.05) is 0 Å². The summed E-state index contributed by atoms with van der Waals surface area (Å²) in [5, 5.41) is 2.78. The van der Waals surface area contributed by atoms with Crippen molar-refractivity contribution in [2.45, 2.75) is 19.3 Å². The summed E-state index contributed by atoms with van der Waals surface area (Å²) < 4.78 is 0. The smallest absolute Gasteiger partial charge is 0.255 e. The second-order valence-corrected chi connectivity index (χ2v) is 4.82. The zero-order chi connectivity index (χ0) is 14.3. The molecule has 5 heteroatoms. The molecular weight excluding hydrogens is 264 g/mol. The largest absolute Gasteiger partial charge is 0.345 e. The van der Waals surface area contributed by atoms with Crippen LogP contribution in [0.5, 0.6) is 0 Å². The minimum Gasteiger partial charge on any atom is -0.345 e. The number of hydrogen-bond acceptors (Lipinski definition) is 2. The van der Waals surface area contributed by atoms with Crippen LogP contribution < -0.4 is 5.32 Å². The van der Waals surface area contributed by atoms with E-state index in [0.29, 0.717) is 23.6 Å². The van der Waals surface area contributed by atoms with E-state index in [1.165, 1.54) is 4.90 Å². The van der Waals surface area contributed by atoms with Gasteiger partial charge >= 0.3 is 0 Å². The molecule has 2 amide bonds. The van der Waals surface area contributed by atoms with Crippen molar-refractivity contribution in [3.05, 3.63) is 29.8 Å². The summed E-state index contributed by atoms with van der Waals surface area (Å²) in [5.74, 6) is 0.337. The molecular formula is C14H19ClN2O2. The molecule has 0 spiro atoms. The van der Waals surface area contributed by atoms with Gasteiger partial charge in [-0.3, -0.25) is 9.59 Å². The number of benzene rings is 1. The van der Waals surface area contributed by atoms with E-state index in [1.54, 1.807) is 38.4 Å². The molecule has 104 valence electrons. The van der Waals surface area contributed by atoms with Gasteiger partial charge in [0.2, 0.25) is 5.91 Å². The van der Waals surface area contributed by atoms with E-state index < -0.39 is 0 Å². The van der Waals surface area contributed by atoms with Crippen molar-refractivity contribution >= 4 is 29.1 Å². The summed E-state index contributed by atoms with van der Waals surface area (Å²) in [4.78, 5) is 25.2. The van der Waals surface area contributed by atoms with Crippen LogP contribution in [0.1, 0.15) is 29.6 Å². The first-order valence-corrected chi connectivity index (χ1v) is 6.76. The Labute approximate surface area is 118 Å². The average Bonchev–Trinajstić information content (AvgIpc) is 2.38. The van der Waals surface area contributed by atoms with Gasteiger partial charge in [0, 0.05) is 26.4 Å². The number of nitrogens with zero attached hydrogens (tertiary/aromatic N) is 1. The third kappa shape index (κ3) is 4.91. The molecule has 0 aromatic heterocycles. The molecule has 0 bridgehead atoms. The fourth-order valence-electron chi connectivity index (χ4n) is 1.61. The number of rotatable bonds is 6. The Kier molecular flexibility index (Phi) is 6.36. The predicted molar refractivity (Wildman–Crippen MR) is 77.7 cm³/mol. The second kappa shape index (κ2) is 7.79. The molecule has 4 nitrogen and oxygen atoms in total. The molecule has 1 rings (SSSR count). The van der Waals surface area contributed by atoms with Gasteiger partial charge in [0.05, 0.1) is 11.3 Å². The maximum absolute atomic E-state index is 12.0. The third-order valence-corrected chi connectivity index (χ3v) is 2.89. The highest BCUT2D eigenvalue weighted by Gasteiger charge is 2.14. The van der Waals surface area contributed by atoms with Crippen LogP contribution in [0.25, 0.3) is 0 Å². The number of alkyl halides is 1. The summed E-state index contributed by atoms with van der Waals surface area (Å²) >= 11 is 5.56. The fourth-order valence-corrected chi connectivity index (χ4v) is 1.80. The van der Waals surface area contributed by atoms with Gasteiger partial charge in [-0.25, -0.2) is 0 Å². The Morgan fingerprint density at radius 2 is 1.89 bits per heavy atom. The summed E-state index contributed by atoms with van der Waals surface area (Å²) in [6.45, 7) is 0. The Hall–Kier alpha value is -1.55. The molecule has 1 N–H and O–H groups in total. The molecule has 0 unspecified atom stereocenters. The van der Waals surface area contributed by atoms with Crippen molar-refractivity contribution in [2.75, 3.05) is 25.3 Å². The van der Waals surface area contributed by atoms with Gasteiger partial charge < -0.3 is 10.2 Å². The zero-order valence-electron chi connectivity index (χ0n) is 11.3. The number of unbranched alkanes of at least 4 members (excludes halogenated alkanes) is 1. The van der Waals surface area contributed by atoms with Gasteiger partial charge in [-0.1, -0.05) is 12.1 Å². The topological polar surface area (TPSA) is 49.4 Å². The molecule has 0 aliphatic rings. The lowest BCUT2D eigenvalue weighted by atomic mass is 10.1. The zero-order valence-corrected chi connectivity index (χ0v) is 12.0. The van der Waals surface area contributed by atoms with Crippen molar-refractivity contribution in [3.8, 4) is 0 Å². The lowest BCUT2D eigenvalue weighted by Gasteiger charge is -2.14. The lowest BCUT2D eigenvalue weighted by molar-refractivity contribution is -0.116. The monoisotopic (exact) mass is 282 g/mol. The summed E-state index contributed by atoms with van der Waals surface area (Å²) in [7, 11) is 3.36. The van der Waals surface area contributed by atoms with Gasteiger partial charge in [-0.15, -0.1) is 11.6 Å². The van der Waals surface area contributed by atoms with E-state index in [9.17, 15) is 9.59 Å². The molecule has 19 heavy (non-hydrogen) atoms. The molecule has 0 heterocycles. The van der Waals surface area contributed by atoms with Crippen molar-refractivity contribution in [2.24, 2.45) is 0 Å². The van der Waals surface area contributed by atoms with Crippen LogP contribution in [0.3, 0.4) is 0 Å². The van der Waals surface area contributed by atoms with Crippen LogP contribution in [0.15, 0.2) is 24.3 Å². The maximum Gasteiger partial charge on any atom is 0.255 e. The molecule has 0 atom stereocenters. The molecule has 0 radical (unpaired) electrons. The van der Waals surface area contributed by atoms with Crippen LogP contribution in [0, 0.1) is 0 Å². The quantitative estimate of drug-likeness (QED) is 0.644. The number of anilines is 1. The van der Waals surface area contributed by atoms with Crippen LogP contribution in [-0.2, 0) is 4.79 Å². The highest BCUT2D eigenvalue weighted by Crippen LogP contribution is 2.17. The van der Waals surface area contributed by atoms with Gasteiger partial charge in [-0.2, -0.15) is 0 Å².